The third kappa shape index (κ3) is 1.88. The fourth-order valence-corrected chi connectivity index (χ4v) is 1.30. The van der Waals surface area contributed by atoms with Crippen molar-refractivity contribution >= 4 is 21.6 Å². The van der Waals surface area contributed by atoms with Crippen molar-refractivity contribution in [2.75, 3.05) is 5.73 Å². The molecule has 0 radical (unpaired) electrons. The minimum Gasteiger partial charge on any atom is -0.394 e. The van der Waals surface area contributed by atoms with Crippen molar-refractivity contribution in [1.29, 1.82) is 0 Å². The van der Waals surface area contributed by atoms with Gasteiger partial charge in [0, 0.05) is 17.1 Å². The van der Waals surface area contributed by atoms with Crippen LogP contribution >= 0.6 is 15.9 Å². The zero-order chi connectivity index (χ0) is 10.0. The highest BCUT2D eigenvalue weighted by atomic mass is 79.9. The van der Waals surface area contributed by atoms with E-state index in [1.165, 1.54) is 6.20 Å². The highest BCUT2D eigenvalue weighted by molar-refractivity contribution is 9.08. The van der Waals surface area contributed by atoms with Crippen LogP contribution in [0, 0.1) is 0 Å². The van der Waals surface area contributed by atoms with Gasteiger partial charge in [-0.2, -0.15) is 0 Å². The van der Waals surface area contributed by atoms with Gasteiger partial charge in [-0.3, -0.25) is 4.79 Å². The Balaban J connectivity index is 3.32. The summed E-state index contributed by atoms with van der Waals surface area (Å²) in [5.41, 5.74) is 4.07. The zero-order valence-electron chi connectivity index (χ0n) is 6.48. The van der Waals surface area contributed by atoms with Crippen molar-refractivity contribution in [3.63, 3.8) is 0 Å². The van der Waals surface area contributed by atoms with E-state index in [0.29, 0.717) is 5.56 Å². The maximum absolute atomic E-state index is 12.2. The lowest BCUT2D eigenvalue weighted by Gasteiger charge is -2.04. The number of anilines is 1. The van der Waals surface area contributed by atoms with E-state index in [4.69, 9.17) is 5.73 Å². The van der Waals surface area contributed by atoms with Gasteiger partial charge in [0.2, 0.25) is 5.43 Å². The van der Waals surface area contributed by atoms with Crippen molar-refractivity contribution in [2.45, 2.75) is 11.8 Å². The van der Waals surface area contributed by atoms with Crippen molar-refractivity contribution in [3.05, 3.63) is 27.7 Å². The third-order valence-corrected chi connectivity index (χ3v) is 2.19. The molecule has 0 spiro atoms. The Labute approximate surface area is 81.1 Å². The van der Waals surface area contributed by atoms with Gasteiger partial charge in [0.05, 0.1) is 0 Å². The van der Waals surface area contributed by atoms with Crippen LogP contribution in [-0.4, -0.2) is 4.98 Å². The standard InChI is InChI=1S/C7H7BrF2N2O/c8-1-3-2-12-5(7(9)10)4(11)6(3)13/h2,7H,1,11H2,(H,12,13). The Morgan fingerprint density at radius 1 is 1.62 bits per heavy atom. The fourth-order valence-electron chi connectivity index (χ4n) is 0.883. The first-order valence-electron chi connectivity index (χ1n) is 3.42. The van der Waals surface area contributed by atoms with Crippen LogP contribution in [0.5, 0.6) is 0 Å². The van der Waals surface area contributed by atoms with Crippen LogP contribution in [0.1, 0.15) is 17.7 Å². The first-order valence-corrected chi connectivity index (χ1v) is 4.54. The second-order valence-electron chi connectivity index (χ2n) is 2.40. The van der Waals surface area contributed by atoms with E-state index in [2.05, 4.69) is 20.9 Å². The maximum atomic E-state index is 12.2. The molecule has 0 bridgehead atoms. The van der Waals surface area contributed by atoms with Gasteiger partial charge in [0.1, 0.15) is 11.4 Å². The van der Waals surface area contributed by atoms with Crippen molar-refractivity contribution in [1.82, 2.24) is 4.98 Å². The first-order chi connectivity index (χ1) is 6.07. The smallest absolute Gasteiger partial charge is 0.280 e. The van der Waals surface area contributed by atoms with E-state index in [-0.39, 0.29) is 5.33 Å². The second kappa shape index (κ2) is 3.87. The molecule has 72 valence electrons. The highest BCUT2D eigenvalue weighted by Gasteiger charge is 2.15. The van der Waals surface area contributed by atoms with Crippen LogP contribution in [0.25, 0.3) is 0 Å². The number of pyridine rings is 1. The molecule has 0 unspecified atom stereocenters. The molecule has 6 heteroatoms. The molecule has 3 nitrogen and oxygen atoms in total. The molecule has 0 aliphatic rings. The summed E-state index contributed by atoms with van der Waals surface area (Å²) in [6.45, 7) is 0. The lowest BCUT2D eigenvalue weighted by Crippen LogP contribution is -2.16. The van der Waals surface area contributed by atoms with Gasteiger partial charge < -0.3 is 10.7 Å². The Morgan fingerprint density at radius 2 is 2.23 bits per heavy atom. The summed E-state index contributed by atoms with van der Waals surface area (Å²) in [7, 11) is 0. The predicted octanol–water partition coefficient (Wildman–Crippen LogP) is 1.79. The summed E-state index contributed by atoms with van der Waals surface area (Å²) < 4.78 is 24.4. The molecule has 0 fully saturated rings. The number of aromatic amines is 1. The van der Waals surface area contributed by atoms with Crippen LogP contribution in [0.3, 0.4) is 0 Å². The normalized spacial score (nSPS) is 10.8. The van der Waals surface area contributed by atoms with Gasteiger partial charge in [-0.1, -0.05) is 15.9 Å². The largest absolute Gasteiger partial charge is 0.394 e. The topological polar surface area (TPSA) is 58.9 Å². The molecule has 0 amide bonds. The van der Waals surface area contributed by atoms with E-state index < -0.39 is 23.2 Å². The fraction of sp³-hybridized carbons (Fsp3) is 0.286. The Kier molecular flexibility index (Phi) is 3.02. The van der Waals surface area contributed by atoms with Crippen LogP contribution in [0.15, 0.2) is 11.0 Å². The second-order valence-corrected chi connectivity index (χ2v) is 2.97. The Bertz CT molecular complexity index is 364. The Morgan fingerprint density at radius 3 is 2.69 bits per heavy atom. The van der Waals surface area contributed by atoms with E-state index >= 15 is 0 Å². The quantitative estimate of drug-likeness (QED) is 0.789. The molecule has 1 rings (SSSR count). The number of halogens is 3. The van der Waals surface area contributed by atoms with Crippen molar-refractivity contribution in [3.8, 4) is 0 Å². The number of hydrogen-bond donors (Lipinski definition) is 2. The first kappa shape index (κ1) is 10.2. The minimum absolute atomic E-state index is 0.288. The Hall–Kier alpha value is -0.910. The summed E-state index contributed by atoms with van der Waals surface area (Å²) in [5, 5.41) is 0.288. The number of nitrogens with two attached hydrogens (primary N) is 1. The summed E-state index contributed by atoms with van der Waals surface area (Å²) in [4.78, 5) is 13.5. The van der Waals surface area contributed by atoms with Crippen LogP contribution < -0.4 is 11.2 Å². The van der Waals surface area contributed by atoms with Gasteiger partial charge in [-0.05, 0) is 0 Å². The summed E-state index contributed by atoms with van der Waals surface area (Å²) in [5.74, 6) is 0. The third-order valence-electron chi connectivity index (χ3n) is 1.59. The number of hydrogen-bond acceptors (Lipinski definition) is 2. The minimum atomic E-state index is -2.75. The van der Waals surface area contributed by atoms with E-state index in [1.807, 2.05) is 0 Å². The molecule has 0 saturated carbocycles. The van der Waals surface area contributed by atoms with E-state index in [1.54, 1.807) is 0 Å². The lowest BCUT2D eigenvalue weighted by molar-refractivity contribution is 0.147. The van der Waals surface area contributed by atoms with Crippen molar-refractivity contribution in [2.24, 2.45) is 0 Å². The molecular weight excluding hydrogens is 246 g/mol. The molecule has 1 aromatic heterocycles. The molecular formula is C7H7BrF2N2O. The number of alkyl halides is 3. The monoisotopic (exact) mass is 252 g/mol. The predicted molar refractivity (Wildman–Crippen MR) is 49.1 cm³/mol. The van der Waals surface area contributed by atoms with Gasteiger partial charge >= 0.3 is 0 Å². The lowest BCUT2D eigenvalue weighted by atomic mass is 10.2. The molecule has 1 aromatic rings. The molecule has 1 heterocycles. The summed E-state index contributed by atoms with van der Waals surface area (Å²) >= 11 is 3.04. The molecule has 3 N–H and O–H groups in total. The molecule has 0 atom stereocenters. The average molecular weight is 253 g/mol. The average Bonchev–Trinajstić information content (AvgIpc) is 2.09. The highest BCUT2D eigenvalue weighted by Crippen LogP contribution is 2.20. The number of nitrogens with one attached hydrogen (secondary N) is 1. The number of nitrogen functional groups attached to an aromatic ring is 1. The van der Waals surface area contributed by atoms with Gasteiger partial charge in [0.15, 0.2) is 0 Å². The van der Waals surface area contributed by atoms with E-state index in [9.17, 15) is 13.6 Å². The number of aromatic nitrogens is 1. The van der Waals surface area contributed by atoms with Crippen LogP contribution in [-0.2, 0) is 5.33 Å². The molecule has 0 aliphatic carbocycles. The number of rotatable bonds is 2. The summed E-state index contributed by atoms with van der Waals surface area (Å²) in [6.07, 6.45) is -1.52. The van der Waals surface area contributed by atoms with E-state index in [0.717, 1.165) is 0 Å². The SMILES string of the molecule is Nc1c(C(F)F)[nH]cc(CBr)c1=O. The van der Waals surface area contributed by atoms with Crippen molar-refractivity contribution < 1.29 is 8.78 Å². The van der Waals surface area contributed by atoms with Gasteiger partial charge in [-0.15, -0.1) is 0 Å². The maximum Gasteiger partial charge on any atom is 0.280 e. The molecule has 13 heavy (non-hydrogen) atoms. The molecule has 0 saturated heterocycles. The molecule has 0 aromatic carbocycles. The van der Waals surface area contributed by atoms with Crippen LogP contribution in [0.2, 0.25) is 0 Å². The zero-order valence-corrected chi connectivity index (χ0v) is 8.07. The number of H-pyrrole nitrogens is 1. The summed E-state index contributed by atoms with van der Waals surface area (Å²) in [6, 6.07) is 0. The molecule has 0 aliphatic heterocycles. The van der Waals surface area contributed by atoms with Crippen LogP contribution in [0.4, 0.5) is 14.5 Å². The van der Waals surface area contributed by atoms with Gasteiger partial charge in [0.25, 0.3) is 6.43 Å². The van der Waals surface area contributed by atoms with Gasteiger partial charge in [-0.25, -0.2) is 8.78 Å².